The van der Waals surface area contributed by atoms with Crippen LogP contribution in [-0.2, 0) is 9.47 Å². The molecular formula is C40H42N4O2. The molecular weight excluding hydrogens is 568 g/mol. The van der Waals surface area contributed by atoms with Crippen molar-refractivity contribution in [3.63, 3.8) is 0 Å². The Morgan fingerprint density at radius 1 is 0.630 bits per heavy atom. The summed E-state index contributed by atoms with van der Waals surface area (Å²) in [5, 5.41) is 15.1. The third-order valence-corrected chi connectivity index (χ3v) is 10.3. The van der Waals surface area contributed by atoms with Crippen LogP contribution in [0.5, 0.6) is 0 Å². The van der Waals surface area contributed by atoms with Crippen molar-refractivity contribution < 1.29 is 9.47 Å². The molecule has 3 saturated heterocycles. The van der Waals surface area contributed by atoms with Crippen LogP contribution in [0.2, 0.25) is 0 Å². The molecule has 0 radical (unpaired) electrons. The zero-order valence-corrected chi connectivity index (χ0v) is 26.7. The maximum atomic E-state index is 6.47. The Kier molecular flexibility index (Phi) is 7.50. The van der Waals surface area contributed by atoms with E-state index in [-0.39, 0.29) is 35.5 Å². The molecule has 4 aliphatic rings. The number of hydrogen-bond acceptors (Lipinski definition) is 6. The first-order chi connectivity index (χ1) is 22.5. The maximum absolute atomic E-state index is 6.47. The zero-order valence-electron chi connectivity index (χ0n) is 26.7. The second-order valence-corrected chi connectivity index (χ2v) is 13.7. The van der Waals surface area contributed by atoms with Crippen LogP contribution in [0.25, 0.3) is 0 Å². The molecule has 0 N–H and O–H groups in total. The molecule has 3 aliphatic heterocycles. The first-order valence-corrected chi connectivity index (χ1v) is 16.7. The van der Waals surface area contributed by atoms with Crippen molar-refractivity contribution in [3.05, 3.63) is 144 Å². The van der Waals surface area contributed by atoms with Gasteiger partial charge in [-0.05, 0) is 35.1 Å². The monoisotopic (exact) mass is 610 g/mol. The molecule has 4 fully saturated rings. The van der Waals surface area contributed by atoms with Crippen LogP contribution in [-0.4, -0.2) is 40.9 Å². The lowest BCUT2D eigenvalue weighted by Crippen LogP contribution is -2.51. The Balaban J connectivity index is 1.07. The van der Waals surface area contributed by atoms with Crippen LogP contribution in [0.15, 0.2) is 132 Å². The van der Waals surface area contributed by atoms with E-state index in [1.807, 2.05) is 0 Å². The summed E-state index contributed by atoms with van der Waals surface area (Å²) in [5.41, 5.74) is 6.10. The third-order valence-electron chi connectivity index (χ3n) is 10.3. The van der Waals surface area contributed by atoms with Crippen LogP contribution in [0.4, 0.5) is 0 Å². The van der Waals surface area contributed by atoms with E-state index in [0.717, 1.165) is 19.3 Å². The van der Waals surface area contributed by atoms with Crippen LogP contribution < -0.4 is 0 Å². The fraction of sp³-hybridized carbons (Fsp3) is 0.350. The lowest BCUT2D eigenvalue weighted by atomic mass is 9.67. The minimum atomic E-state index is -0.609. The lowest BCUT2D eigenvalue weighted by Gasteiger charge is -2.46. The second kappa shape index (κ2) is 11.8. The lowest BCUT2D eigenvalue weighted by molar-refractivity contribution is -0.217. The Hall–Kier alpha value is -4.26. The molecule has 8 rings (SSSR count). The van der Waals surface area contributed by atoms with Crippen molar-refractivity contribution in [2.24, 2.45) is 21.5 Å². The SMILES string of the molecule is CC(C)(/C=N/N1[C@H](c2ccccc2)[C@H]1c1ccccc1)C1C/C(=N\N2[C@H](c3ccccc3)[C@H]2c2ccccc2)CCC12OCCO2. The van der Waals surface area contributed by atoms with E-state index in [4.69, 9.17) is 19.7 Å². The number of ether oxygens (including phenoxy) is 2. The summed E-state index contributed by atoms with van der Waals surface area (Å²) in [4.78, 5) is 0. The molecule has 234 valence electrons. The third kappa shape index (κ3) is 5.44. The van der Waals surface area contributed by atoms with E-state index in [1.165, 1.54) is 28.0 Å². The predicted molar refractivity (Wildman–Crippen MR) is 182 cm³/mol. The Labute approximate surface area is 272 Å². The Morgan fingerprint density at radius 3 is 1.48 bits per heavy atom. The molecule has 4 aromatic carbocycles. The highest BCUT2D eigenvalue weighted by Crippen LogP contribution is 2.57. The minimum Gasteiger partial charge on any atom is -0.347 e. The van der Waals surface area contributed by atoms with E-state index in [9.17, 15) is 0 Å². The van der Waals surface area contributed by atoms with Crippen molar-refractivity contribution in [1.29, 1.82) is 0 Å². The van der Waals surface area contributed by atoms with Gasteiger partial charge in [-0.1, -0.05) is 135 Å². The van der Waals surface area contributed by atoms with Gasteiger partial charge in [0, 0.05) is 29.7 Å². The molecule has 4 aromatic rings. The number of hydrazone groups is 2. The van der Waals surface area contributed by atoms with Crippen LogP contribution in [0, 0.1) is 11.3 Å². The van der Waals surface area contributed by atoms with Gasteiger partial charge in [-0.25, -0.2) is 0 Å². The topological polar surface area (TPSA) is 49.2 Å². The maximum Gasteiger partial charge on any atom is 0.172 e. The second-order valence-electron chi connectivity index (χ2n) is 13.7. The number of benzene rings is 4. The zero-order chi connectivity index (χ0) is 31.1. The summed E-state index contributed by atoms with van der Waals surface area (Å²) in [6.07, 6.45) is 4.63. The van der Waals surface area contributed by atoms with Crippen molar-refractivity contribution in [2.45, 2.75) is 63.1 Å². The van der Waals surface area contributed by atoms with Crippen molar-refractivity contribution in [2.75, 3.05) is 13.2 Å². The summed E-state index contributed by atoms with van der Waals surface area (Å²) >= 11 is 0. The van der Waals surface area contributed by atoms with E-state index in [1.54, 1.807) is 0 Å². The Bertz CT molecular complexity index is 1600. The minimum absolute atomic E-state index is 0.0781. The van der Waals surface area contributed by atoms with Gasteiger partial charge in [-0.3, -0.25) is 10.0 Å². The molecule has 6 heteroatoms. The number of hydrogen-bond donors (Lipinski definition) is 0. The number of nitrogens with zero attached hydrogens (tertiary/aromatic N) is 4. The molecule has 1 saturated carbocycles. The highest BCUT2D eigenvalue weighted by atomic mass is 16.7. The van der Waals surface area contributed by atoms with Crippen LogP contribution in [0.1, 0.15) is 79.5 Å². The van der Waals surface area contributed by atoms with Gasteiger partial charge in [0.05, 0.1) is 37.4 Å². The molecule has 5 atom stereocenters. The molecule has 3 heterocycles. The largest absolute Gasteiger partial charge is 0.347 e. The predicted octanol–water partition coefficient (Wildman–Crippen LogP) is 8.49. The van der Waals surface area contributed by atoms with Crippen LogP contribution in [0.3, 0.4) is 0 Å². The average Bonchev–Trinajstić information content (AvgIpc) is 3.97. The molecule has 1 unspecified atom stereocenters. The smallest absolute Gasteiger partial charge is 0.172 e. The van der Waals surface area contributed by atoms with E-state index >= 15 is 0 Å². The highest BCUT2D eigenvalue weighted by molar-refractivity contribution is 5.86. The highest BCUT2D eigenvalue weighted by Gasteiger charge is 2.55. The molecule has 1 aliphatic carbocycles. The standard InChI is InChI=1S/C40H42N4O2/c1-39(2,28-41-43-35(29-15-7-3-8-16-29)36(43)30-17-9-4-10-18-30)34-27-33(23-24-40(34)45-25-26-46-40)42-44-37(31-19-11-5-12-20-31)38(44)32-21-13-6-14-22-32/h3-22,28,34-38H,23-27H2,1-2H3/b41-28+,42-33-/t34?,35-,36-,37-,38-/m1/s1. The first kappa shape index (κ1) is 29.2. The fourth-order valence-electron chi connectivity index (χ4n) is 7.84. The van der Waals surface area contributed by atoms with E-state index in [0.29, 0.717) is 13.2 Å². The molecule has 0 bridgehead atoms. The van der Waals surface area contributed by atoms with Gasteiger partial charge in [0.2, 0.25) is 0 Å². The van der Waals surface area contributed by atoms with Gasteiger partial charge in [-0.2, -0.15) is 10.2 Å². The summed E-state index contributed by atoms with van der Waals surface area (Å²) < 4.78 is 12.9. The van der Waals surface area contributed by atoms with Gasteiger partial charge in [0.1, 0.15) is 0 Å². The van der Waals surface area contributed by atoms with E-state index in [2.05, 4.69) is 151 Å². The van der Waals surface area contributed by atoms with Crippen molar-refractivity contribution >= 4 is 11.9 Å². The normalized spacial score (nSPS) is 27.9. The van der Waals surface area contributed by atoms with Gasteiger partial charge in [0.25, 0.3) is 0 Å². The van der Waals surface area contributed by atoms with Gasteiger partial charge in [-0.15, -0.1) is 0 Å². The van der Waals surface area contributed by atoms with E-state index < -0.39 is 5.79 Å². The Morgan fingerprint density at radius 2 is 1.04 bits per heavy atom. The molecule has 46 heavy (non-hydrogen) atoms. The quantitative estimate of drug-likeness (QED) is 0.148. The summed E-state index contributed by atoms with van der Waals surface area (Å²) in [6.45, 7) is 5.83. The van der Waals surface area contributed by atoms with Gasteiger partial charge < -0.3 is 9.47 Å². The van der Waals surface area contributed by atoms with Crippen molar-refractivity contribution in [1.82, 2.24) is 10.0 Å². The number of rotatable bonds is 8. The molecule has 6 nitrogen and oxygen atoms in total. The summed E-state index contributed by atoms with van der Waals surface area (Å²) in [5.74, 6) is -0.531. The fourth-order valence-corrected chi connectivity index (χ4v) is 7.84. The summed E-state index contributed by atoms with van der Waals surface area (Å²) in [6, 6.07) is 43.9. The van der Waals surface area contributed by atoms with Gasteiger partial charge in [0.15, 0.2) is 5.79 Å². The first-order valence-electron chi connectivity index (χ1n) is 16.7. The summed E-state index contributed by atoms with van der Waals surface area (Å²) in [7, 11) is 0. The molecule has 0 aromatic heterocycles. The molecule has 0 amide bonds. The van der Waals surface area contributed by atoms with Crippen LogP contribution >= 0.6 is 0 Å². The average molecular weight is 611 g/mol. The van der Waals surface area contributed by atoms with Gasteiger partial charge >= 0.3 is 0 Å². The van der Waals surface area contributed by atoms with Crippen molar-refractivity contribution in [3.8, 4) is 0 Å². The molecule has 1 spiro atoms.